The lowest BCUT2D eigenvalue weighted by Crippen LogP contribution is -2.42. The quantitative estimate of drug-likeness (QED) is 0.830. The highest BCUT2D eigenvalue weighted by atomic mass is 15.1. The molecule has 1 N–H and O–H groups in total. The molecule has 2 heteroatoms. The minimum absolute atomic E-state index is 0.826. The lowest BCUT2D eigenvalue weighted by atomic mass is 9.79. The molecule has 4 rings (SSSR count). The minimum atomic E-state index is 0.826. The maximum absolute atomic E-state index is 3.97. The normalized spacial score (nSPS) is 45.1. The summed E-state index contributed by atoms with van der Waals surface area (Å²) in [6, 6.07) is 0.875. The van der Waals surface area contributed by atoms with Crippen molar-refractivity contribution in [1.82, 2.24) is 10.2 Å². The van der Waals surface area contributed by atoms with Crippen molar-refractivity contribution in [3.8, 4) is 0 Å². The fourth-order valence-electron chi connectivity index (χ4n) is 6.13. The van der Waals surface area contributed by atoms with E-state index < -0.39 is 0 Å². The molecule has 1 heterocycles. The summed E-state index contributed by atoms with van der Waals surface area (Å²) < 4.78 is 0. The first kappa shape index (κ1) is 13.6. The molecule has 3 saturated carbocycles. The van der Waals surface area contributed by atoms with Crippen LogP contribution in [-0.4, -0.2) is 37.1 Å². The summed E-state index contributed by atoms with van der Waals surface area (Å²) in [5.41, 5.74) is 0. The molecule has 2 bridgehead atoms. The predicted octanol–water partition coefficient (Wildman–Crippen LogP) is 3.13. The molecular formula is C18H32N2. The Morgan fingerprint density at radius 3 is 2.65 bits per heavy atom. The Bertz CT molecular complexity index is 336. The maximum Gasteiger partial charge on any atom is 0.0101 e. The fraction of sp³-hybridized carbons (Fsp3) is 1.00. The van der Waals surface area contributed by atoms with Crippen molar-refractivity contribution in [3.05, 3.63) is 0 Å². The van der Waals surface area contributed by atoms with Gasteiger partial charge >= 0.3 is 0 Å². The van der Waals surface area contributed by atoms with Crippen molar-refractivity contribution in [3.63, 3.8) is 0 Å². The van der Waals surface area contributed by atoms with Crippen LogP contribution >= 0.6 is 0 Å². The molecule has 4 aliphatic rings. The molecule has 20 heavy (non-hydrogen) atoms. The number of hydrogen-bond donors (Lipinski definition) is 1. The van der Waals surface area contributed by atoms with Crippen molar-refractivity contribution < 1.29 is 0 Å². The van der Waals surface area contributed by atoms with Crippen molar-refractivity contribution in [1.29, 1.82) is 0 Å². The molecular weight excluding hydrogens is 244 g/mol. The Kier molecular flexibility index (Phi) is 3.80. The van der Waals surface area contributed by atoms with E-state index in [0.29, 0.717) is 0 Å². The summed E-state index contributed by atoms with van der Waals surface area (Å²) >= 11 is 0. The molecule has 0 aromatic carbocycles. The molecule has 0 amide bonds. The molecule has 0 radical (unpaired) electrons. The van der Waals surface area contributed by atoms with Gasteiger partial charge in [0.2, 0.25) is 0 Å². The summed E-state index contributed by atoms with van der Waals surface area (Å²) in [6.07, 6.45) is 10.6. The zero-order valence-electron chi connectivity index (χ0n) is 13.2. The SMILES string of the molecule is CC(CNC1CC2CC1C1CCCC21)CN1CCCC1. The van der Waals surface area contributed by atoms with Gasteiger partial charge in [0.15, 0.2) is 0 Å². The first-order valence-electron chi connectivity index (χ1n) is 9.27. The standard InChI is InChI=1S/C18H32N2/c1-13(12-20-7-2-3-8-20)11-19-18-10-14-9-17(18)16-6-4-5-15(14)16/h13-19H,2-12H2,1H3. The average molecular weight is 276 g/mol. The van der Waals surface area contributed by atoms with E-state index in [1.165, 1.54) is 51.9 Å². The van der Waals surface area contributed by atoms with Gasteiger partial charge in [-0.05, 0) is 87.7 Å². The summed E-state index contributed by atoms with van der Waals surface area (Å²) in [4.78, 5) is 2.67. The van der Waals surface area contributed by atoms with Gasteiger partial charge in [-0.25, -0.2) is 0 Å². The van der Waals surface area contributed by atoms with Crippen LogP contribution in [0.1, 0.15) is 51.9 Å². The van der Waals surface area contributed by atoms with Crippen LogP contribution in [0.15, 0.2) is 0 Å². The van der Waals surface area contributed by atoms with Crippen LogP contribution < -0.4 is 5.32 Å². The third-order valence-electron chi connectivity index (χ3n) is 6.93. The van der Waals surface area contributed by atoms with Gasteiger partial charge in [0.1, 0.15) is 0 Å². The molecule has 2 nitrogen and oxygen atoms in total. The lowest BCUT2D eigenvalue weighted by Gasteiger charge is -2.33. The molecule has 1 saturated heterocycles. The summed E-state index contributed by atoms with van der Waals surface area (Å²) in [5.74, 6) is 5.22. The second kappa shape index (κ2) is 5.61. The van der Waals surface area contributed by atoms with E-state index in [9.17, 15) is 0 Å². The van der Waals surface area contributed by atoms with E-state index in [2.05, 4.69) is 17.1 Å². The van der Waals surface area contributed by atoms with Crippen molar-refractivity contribution in [2.45, 2.75) is 57.9 Å². The summed E-state index contributed by atoms with van der Waals surface area (Å²) in [5, 5.41) is 3.97. The van der Waals surface area contributed by atoms with Gasteiger partial charge in [0.05, 0.1) is 0 Å². The fourth-order valence-corrected chi connectivity index (χ4v) is 6.13. The molecule has 6 atom stereocenters. The van der Waals surface area contributed by atoms with Gasteiger partial charge in [-0.3, -0.25) is 0 Å². The summed E-state index contributed by atoms with van der Waals surface area (Å²) in [7, 11) is 0. The zero-order valence-corrected chi connectivity index (χ0v) is 13.2. The zero-order chi connectivity index (χ0) is 13.5. The first-order valence-corrected chi connectivity index (χ1v) is 9.27. The molecule has 1 aliphatic heterocycles. The summed E-state index contributed by atoms with van der Waals surface area (Å²) in [6.45, 7) is 7.71. The first-order chi connectivity index (χ1) is 9.81. The molecule has 0 aromatic heterocycles. The van der Waals surface area contributed by atoms with Gasteiger partial charge in [-0.2, -0.15) is 0 Å². The molecule has 6 unspecified atom stereocenters. The third kappa shape index (κ3) is 2.43. The van der Waals surface area contributed by atoms with Crippen molar-refractivity contribution >= 4 is 0 Å². The smallest absolute Gasteiger partial charge is 0.0101 e. The van der Waals surface area contributed by atoms with Crippen molar-refractivity contribution in [2.24, 2.45) is 29.6 Å². The van der Waals surface area contributed by atoms with Crippen LogP contribution in [0.5, 0.6) is 0 Å². The Hall–Kier alpha value is -0.0800. The van der Waals surface area contributed by atoms with E-state index >= 15 is 0 Å². The van der Waals surface area contributed by atoms with Gasteiger partial charge in [-0.1, -0.05) is 13.3 Å². The van der Waals surface area contributed by atoms with E-state index in [0.717, 1.165) is 35.6 Å². The monoisotopic (exact) mass is 276 g/mol. The van der Waals surface area contributed by atoms with Gasteiger partial charge in [-0.15, -0.1) is 0 Å². The largest absolute Gasteiger partial charge is 0.313 e. The lowest BCUT2D eigenvalue weighted by molar-refractivity contribution is 0.198. The number of nitrogens with zero attached hydrogens (tertiary/aromatic N) is 1. The Morgan fingerprint density at radius 2 is 1.80 bits per heavy atom. The van der Waals surface area contributed by atoms with Crippen LogP contribution in [0.2, 0.25) is 0 Å². The second-order valence-corrected chi connectivity index (χ2v) is 8.28. The average Bonchev–Trinajstić information content (AvgIpc) is 3.17. The number of fused-ring (bicyclic) bond motifs is 5. The number of nitrogens with one attached hydrogen (secondary N) is 1. The molecule has 0 spiro atoms. The Labute approximate surface area is 124 Å². The van der Waals surface area contributed by atoms with E-state index in [-0.39, 0.29) is 0 Å². The molecule has 4 fully saturated rings. The molecule has 114 valence electrons. The van der Waals surface area contributed by atoms with E-state index in [4.69, 9.17) is 0 Å². The number of rotatable bonds is 5. The van der Waals surface area contributed by atoms with Gasteiger partial charge in [0, 0.05) is 12.6 Å². The van der Waals surface area contributed by atoms with Gasteiger partial charge in [0.25, 0.3) is 0 Å². The van der Waals surface area contributed by atoms with Crippen LogP contribution in [0.3, 0.4) is 0 Å². The van der Waals surface area contributed by atoms with Crippen molar-refractivity contribution in [2.75, 3.05) is 26.2 Å². The highest BCUT2D eigenvalue weighted by Crippen LogP contribution is 2.58. The van der Waals surface area contributed by atoms with Crippen LogP contribution in [0, 0.1) is 29.6 Å². The van der Waals surface area contributed by atoms with Crippen LogP contribution in [-0.2, 0) is 0 Å². The molecule has 3 aliphatic carbocycles. The topological polar surface area (TPSA) is 15.3 Å². The van der Waals surface area contributed by atoms with E-state index in [1.807, 2.05) is 0 Å². The highest BCUT2D eigenvalue weighted by molar-refractivity contribution is 5.05. The minimum Gasteiger partial charge on any atom is -0.313 e. The molecule has 0 aromatic rings. The second-order valence-electron chi connectivity index (χ2n) is 8.28. The predicted molar refractivity (Wildman–Crippen MR) is 83.7 cm³/mol. The number of likely N-dealkylation sites (tertiary alicyclic amines) is 1. The van der Waals surface area contributed by atoms with E-state index in [1.54, 1.807) is 19.3 Å². The maximum atomic E-state index is 3.97. The Balaban J connectivity index is 1.24. The van der Waals surface area contributed by atoms with Gasteiger partial charge < -0.3 is 10.2 Å². The third-order valence-corrected chi connectivity index (χ3v) is 6.93. The highest BCUT2D eigenvalue weighted by Gasteiger charge is 2.53. The van der Waals surface area contributed by atoms with Crippen LogP contribution in [0.25, 0.3) is 0 Å². The van der Waals surface area contributed by atoms with Crippen LogP contribution in [0.4, 0.5) is 0 Å². The number of hydrogen-bond acceptors (Lipinski definition) is 2. The Morgan fingerprint density at radius 1 is 1.00 bits per heavy atom.